The summed E-state index contributed by atoms with van der Waals surface area (Å²) >= 11 is 0. The highest BCUT2D eigenvalue weighted by atomic mass is 19.4. The van der Waals surface area contributed by atoms with Gasteiger partial charge in [0, 0.05) is 32.4 Å². The first-order valence-electron chi connectivity index (χ1n) is 6.72. The Bertz CT molecular complexity index is 613. The Labute approximate surface area is 137 Å². The van der Waals surface area contributed by atoms with Gasteiger partial charge < -0.3 is 15.3 Å². The van der Waals surface area contributed by atoms with Crippen LogP contribution in [0, 0.1) is 0 Å². The molecule has 0 aliphatic carbocycles. The number of carbonyl (C=O) groups excluding carboxylic acids is 1. The molecule has 0 spiro atoms. The van der Waals surface area contributed by atoms with Crippen molar-refractivity contribution < 1.29 is 41.0 Å². The van der Waals surface area contributed by atoms with E-state index in [1.54, 1.807) is 24.1 Å². The lowest BCUT2D eigenvalue weighted by atomic mass is 10.2. The van der Waals surface area contributed by atoms with E-state index in [2.05, 4.69) is 10.4 Å². The molecule has 1 aliphatic rings. The van der Waals surface area contributed by atoms with Crippen LogP contribution in [0.5, 0.6) is 0 Å². The summed E-state index contributed by atoms with van der Waals surface area (Å²) in [5, 5.41) is 14.1. The highest BCUT2D eigenvalue weighted by Gasteiger charge is 2.44. The Kier molecular flexibility index (Phi) is 6.26. The number of amides is 1. The minimum Gasteiger partial charge on any atom is -0.475 e. The number of carboxylic acids is 1. The number of alkyl halides is 6. The maximum absolute atomic E-state index is 12.2. The highest BCUT2D eigenvalue weighted by molar-refractivity contribution is 5.82. The standard InChI is InChI=1S/C10H13F3N4O.C2HF3O2/c1-16-5-8(4-14-16)15-7-2-3-17(6-7)9(18)10(11,12)13;3-2(4,5)1(6)7/h4-5,7,15H,2-3,6H2,1H3;(H,6,7). The minimum absolute atomic E-state index is 0.0627. The zero-order chi connectivity index (χ0) is 19.4. The van der Waals surface area contributed by atoms with Crippen molar-refractivity contribution in [1.29, 1.82) is 0 Å². The Morgan fingerprint density at radius 1 is 1.24 bits per heavy atom. The molecular formula is C12H14F6N4O3. The fourth-order valence-corrected chi connectivity index (χ4v) is 1.97. The molecule has 2 N–H and O–H groups in total. The maximum atomic E-state index is 12.2. The number of aliphatic carboxylic acids is 1. The number of likely N-dealkylation sites (tertiary alicyclic amines) is 1. The zero-order valence-corrected chi connectivity index (χ0v) is 12.7. The first-order chi connectivity index (χ1) is 11.3. The van der Waals surface area contributed by atoms with Crippen molar-refractivity contribution >= 4 is 17.6 Å². The normalized spacial score (nSPS) is 17.7. The van der Waals surface area contributed by atoms with Crippen LogP contribution < -0.4 is 5.32 Å². The van der Waals surface area contributed by atoms with E-state index in [1.165, 1.54) is 0 Å². The second-order valence-electron chi connectivity index (χ2n) is 5.08. The molecule has 1 aromatic heterocycles. The Morgan fingerprint density at radius 3 is 2.20 bits per heavy atom. The van der Waals surface area contributed by atoms with E-state index in [9.17, 15) is 31.1 Å². The fourth-order valence-electron chi connectivity index (χ4n) is 1.97. The van der Waals surface area contributed by atoms with Gasteiger partial charge in [0.2, 0.25) is 0 Å². The molecule has 142 valence electrons. The molecule has 25 heavy (non-hydrogen) atoms. The zero-order valence-electron chi connectivity index (χ0n) is 12.7. The topological polar surface area (TPSA) is 87.5 Å². The van der Waals surface area contributed by atoms with Crippen molar-refractivity contribution in [2.24, 2.45) is 7.05 Å². The fraction of sp³-hybridized carbons (Fsp3) is 0.583. The summed E-state index contributed by atoms with van der Waals surface area (Å²) in [7, 11) is 1.75. The summed E-state index contributed by atoms with van der Waals surface area (Å²) in [6.07, 6.45) is -6.05. The van der Waals surface area contributed by atoms with Gasteiger partial charge in [-0.25, -0.2) is 4.79 Å². The molecule has 1 atom stereocenters. The van der Waals surface area contributed by atoms with Crippen molar-refractivity contribution in [1.82, 2.24) is 14.7 Å². The Hall–Kier alpha value is -2.47. The predicted octanol–water partition coefficient (Wildman–Crippen LogP) is 1.63. The first-order valence-corrected chi connectivity index (χ1v) is 6.72. The number of anilines is 1. The second kappa shape index (κ2) is 7.61. The maximum Gasteiger partial charge on any atom is 0.490 e. The van der Waals surface area contributed by atoms with E-state index in [0.29, 0.717) is 6.42 Å². The lowest BCUT2D eigenvalue weighted by molar-refractivity contribution is -0.192. The quantitative estimate of drug-likeness (QED) is 0.767. The van der Waals surface area contributed by atoms with Crippen LogP contribution in [-0.4, -0.2) is 63.1 Å². The molecule has 1 aliphatic heterocycles. The number of hydrogen-bond acceptors (Lipinski definition) is 4. The summed E-state index contributed by atoms with van der Waals surface area (Å²) in [5.41, 5.74) is 0.740. The summed E-state index contributed by atoms with van der Waals surface area (Å²) in [6.45, 7) is 0.184. The van der Waals surface area contributed by atoms with Gasteiger partial charge in [0.1, 0.15) is 0 Å². The largest absolute Gasteiger partial charge is 0.490 e. The van der Waals surface area contributed by atoms with Crippen LogP contribution in [0.4, 0.5) is 32.0 Å². The van der Waals surface area contributed by atoms with Gasteiger partial charge >= 0.3 is 24.2 Å². The van der Waals surface area contributed by atoms with E-state index in [0.717, 1.165) is 10.6 Å². The number of carbonyl (C=O) groups is 2. The predicted molar refractivity (Wildman–Crippen MR) is 71.6 cm³/mol. The number of carboxylic acid groups (broad SMARTS) is 1. The van der Waals surface area contributed by atoms with Gasteiger partial charge in [-0.1, -0.05) is 0 Å². The third-order valence-electron chi connectivity index (χ3n) is 3.04. The van der Waals surface area contributed by atoms with Crippen LogP contribution in [-0.2, 0) is 16.6 Å². The Balaban J connectivity index is 0.000000381. The third kappa shape index (κ3) is 6.51. The van der Waals surface area contributed by atoms with Crippen LogP contribution in [0.25, 0.3) is 0 Å². The van der Waals surface area contributed by atoms with Gasteiger partial charge in [-0.05, 0) is 6.42 Å². The summed E-state index contributed by atoms with van der Waals surface area (Å²) in [4.78, 5) is 20.7. The van der Waals surface area contributed by atoms with Crippen LogP contribution in [0.3, 0.4) is 0 Å². The molecule has 1 aromatic rings. The van der Waals surface area contributed by atoms with Gasteiger partial charge in [0.05, 0.1) is 11.9 Å². The number of halogens is 6. The van der Waals surface area contributed by atoms with Crippen LogP contribution in [0.15, 0.2) is 12.4 Å². The first kappa shape index (κ1) is 20.6. The number of hydrogen-bond donors (Lipinski definition) is 2. The number of nitrogens with zero attached hydrogens (tertiary/aromatic N) is 3. The van der Waals surface area contributed by atoms with E-state index in [-0.39, 0.29) is 19.1 Å². The van der Waals surface area contributed by atoms with Crippen molar-refractivity contribution in [2.75, 3.05) is 18.4 Å². The van der Waals surface area contributed by atoms with E-state index in [4.69, 9.17) is 9.90 Å². The monoisotopic (exact) mass is 376 g/mol. The van der Waals surface area contributed by atoms with Gasteiger partial charge in [-0.2, -0.15) is 31.4 Å². The van der Waals surface area contributed by atoms with Crippen LogP contribution in [0.1, 0.15) is 6.42 Å². The number of rotatable bonds is 2. The van der Waals surface area contributed by atoms with Gasteiger partial charge in [0.15, 0.2) is 0 Å². The minimum atomic E-state index is -5.08. The van der Waals surface area contributed by atoms with Gasteiger partial charge in [0.25, 0.3) is 0 Å². The number of aromatic nitrogens is 2. The van der Waals surface area contributed by atoms with Crippen molar-refractivity contribution in [3.8, 4) is 0 Å². The van der Waals surface area contributed by atoms with Crippen LogP contribution >= 0.6 is 0 Å². The lowest BCUT2D eigenvalue weighted by Crippen LogP contribution is -2.40. The molecule has 0 bridgehead atoms. The van der Waals surface area contributed by atoms with E-state index < -0.39 is 24.2 Å². The van der Waals surface area contributed by atoms with Crippen molar-refractivity contribution in [3.63, 3.8) is 0 Å². The van der Waals surface area contributed by atoms with E-state index in [1.807, 2.05) is 0 Å². The molecule has 0 saturated carbocycles. The molecule has 1 amide bonds. The third-order valence-corrected chi connectivity index (χ3v) is 3.04. The average Bonchev–Trinajstić information content (AvgIpc) is 3.06. The molecule has 7 nitrogen and oxygen atoms in total. The van der Waals surface area contributed by atoms with Gasteiger partial charge in [-0.3, -0.25) is 9.48 Å². The summed E-state index contributed by atoms with van der Waals surface area (Å²) in [5.74, 6) is -4.52. The molecule has 1 fully saturated rings. The molecule has 1 saturated heterocycles. The Morgan fingerprint density at radius 2 is 1.80 bits per heavy atom. The number of nitrogens with one attached hydrogen (secondary N) is 1. The van der Waals surface area contributed by atoms with Crippen LogP contribution in [0.2, 0.25) is 0 Å². The summed E-state index contributed by atoms with van der Waals surface area (Å²) < 4.78 is 70.0. The highest BCUT2D eigenvalue weighted by Crippen LogP contribution is 2.23. The summed E-state index contributed by atoms with van der Waals surface area (Å²) in [6, 6.07) is -0.166. The molecule has 2 heterocycles. The lowest BCUT2D eigenvalue weighted by Gasteiger charge is -2.18. The van der Waals surface area contributed by atoms with Crippen molar-refractivity contribution in [2.45, 2.75) is 24.8 Å². The molecule has 1 unspecified atom stereocenters. The average molecular weight is 376 g/mol. The number of aryl methyl sites for hydroxylation is 1. The molecule has 0 aromatic carbocycles. The van der Waals surface area contributed by atoms with Crippen molar-refractivity contribution in [3.05, 3.63) is 12.4 Å². The molecule has 0 radical (unpaired) electrons. The second-order valence-corrected chi connectivity index (χ2v) is 5.08. The smallest absolute Gasteiger partial charge is 0.475 e. The van der Waals surface area contributed by atoms with Gasteiger partial charge in [-0.15, -0.1) is 0 Å². The molecule has 13 heteroatoms. The molecular weight excluding hydrogens is 362 g/mol. The molecule has 2 rings (SSSR count). The van der Waals surface area contributed by atoms with E-state index >= 15 is 0 Å². The SMILES string of the molecule is Cn1cc(NC2CCN(C(=O)C(F)(F)F)C2)cn1.O=C(O)C(F)(F)F.